The first-order valence-electron chi connectivity index (χ1n) is 6.45. The Balaban J connectivity index is 2.82. The molecule has 0 aliphatic carbocycles. The van der Waals surface area contributed by atoms with Crippen molar-refractivity contribution in [3.63, 3.8) is 0 Å². The number of nitrogens with two attached hydrogens (primary N) is 1. The summed E-state index contributed by atoms with van der Waals surface area (Å²) < 4.78 is 5.11. The highest BCUT2D eigenvalue weighted by atomic mass is 16.6. The highest BCUT2D eigenvalue weighted by Gasteiger charge is 2.45. The smallest absolute Gasteiger partial charge is 0.338 e. The van der Waals surface area contributed by atoms with Crippen molar-refractivity contribution in [1.29, 1.82) is 0 Å². The SMILES string of the molecule is CC(C)(C)OC(=O)C(N)(CCc1ccccc1)C(=O)O. The molecule has 0 aromatic heterocycles. The molecule has 0 saturated carbocycles. The maximum atomic E-state index is 12.0. The van der Waals surface area contributed by atoms with Crippen LogP contribution in [-0.4, -0.2) is 28.2 Å². The fraction of sp³-hybridized carbons (Fsp3) is 0.467. The first kappa shape index (κ1) is 16.2. The normalized spacial score (nSPS) is 14.4. The Kier molecular flexibility index (Phi) is 4.89. The third kappa shape index (κ3) is 4.35. The van der Waals surface area contributed by atoms with Crippen molar-refractivity contribution in [1.82, 2.24) is 0 Å². The van der Waals surface area contributed by atoms with Crippen molar-refractivity contribution in [2.75, 3.05) is 0 Å². The van der Waals surface area contributed by atoms with Gasteiger partial charge in [-0.05, 0) is 39.2 Å². The van der Waals surface area contributed by atoms with Crippen LogP contribution in [0.15, 0.2) is 30.3 Å². The second-order valence-electron chi connectivity index (χ2n) is 5.76. The van der Waals surface area contributed by atoms with Crippen LogP contribution in [0.5, 0.6) is 0 Å². The summed E-state index contributed by atoms with van der Waals surface area (Å²) in [6.07, 6.45) is 0.379. The van der Waals surface area contributed by atoms with E-state index >= 15 is 0 Å². The fourth-order valence-electron chi connectivity index (χ4n) is 1.65. The molecule has 5 heteroatoms. The number of carboxylic acids is 1. The van der Waals surface area contributed by atoms with E-state index in [1.807, 2.05) is 30.3 Å². The highest BCUT2D eigenvalue weighted by Crippen LogP contribution is 2.18. The average molecular weight is 279 g/mol. The molecule has 0 bridgehead atoms. The largest absolute Gasteiger partial charge is 0.479 e. The number of hydrogen-bond donors (Lipinski definition) is 2. The van der Waals surface area contributed by atoms with Crippen molar-refractivity contribution in [3.8, 4) is 0 Å². The first-order chi connectivity index (χ1) is 9.15. The van der Waals surface area contributed by atoms with Crippen LogP contribution in [0.25, 0.3) is 0 Å². The topological polar surface area (TPSA) is 89.6 Å². The summed E-state index contributed by atoms with van der Waals surface area (Å²) in [5.74, 6) is -2.28. The number of aryl methyl sites for hydroxylation is 1. The molecule has 0 fully saturated rings. The number of carboxylic acid groups (broad SMARTS) is 1. The number of ether oxygens (including phenoxy) is 1. The van der Waals surface area contributed by atoms with Gasteiger partial charge in [-0.3, -0.25) is 0 Å². The number of carbonyl (C=O) groups is 2. The highest BCUT2D eigenvalue weighted by molar-refractivity contribution is 6.03. The molecule has 110 valence electrons. The van der Waals surface area contributed by atoms with Crippen LogP contribution in [0.1, 0.15) is 32.8 Å². The zero-order valence-corrected chi connectivity index (χ0v) is 12.1. The van der Waals surface area contributed by atoms with Crippen molar-refractivity contribution in [3.05, 3.63) is 35.9 Å². The lowest BCUT2D eigenvalue weighted by molar-refractivity contribution is -0.169. The molecule has 3 N–H and O–H groups in total. The summed E-state index contributed by atoms with van der Waals surface area (Å²) in [7, 11) is 0. The number of carbonyl (C=O) groups excluding carboxylic acids is 1. The van der Waals surface area contributed by atoms with Crippen LogP contribution in [0.3, 0.4) is 0 Å². The van der Waals surface area contributed by atoms with Crippen LogP contribution in [-0.2, 0) is 20.7 Å². The predicted molar refractivity (Wildman–Crippen MR) is 75.2 cm³/mol. The number of esters is 1. The molecule has 0 aliphatic heterocycles. The Bertz CT molecular complexity index is 478. The molecule has 20 heavy (non-hydrogen) atoms. The van der Waals surface area contributed by atoms with Gasteiger partial charge in [-0.1, -0.05) is 30.3 Å². The van der Waals surface area contributed by atoms with E-state index < -0.39 is 23.1 Å². The van der Waals surface area contributed by atoms with Crippen molar-refractivity contribution < 1.29 is 19.4 Å². The molecule has 0 aliphatic rings. The third-order valence-corrected chi connectivity index (χ3v) is 2.80. The van der Waals surface area contributed by atoms with E-state index in [4.69, 9.17) is 10.5 Å². The summed E-state index contributed by atoms with van der Waals surface area (Å²) in [4.78, 5) is 23.4. The third-order valence-electron chi connectivity index (χ3n) is 2.80. The van der Waals surface area contributed by atoms with Crippen LogP contribution in [0, 0.1) is 0 Å². The molecule has 5 nitrogen and oxygen atoms in total. The van der Waals surface area contributed by atoms with E-state index in [2.05, 4.69) is 0 Å². The van der Waals surface area contributed by atoms with Gasteiger partial charge < -0.3 is 15.6 Å². The van der Waals surface area contributed by atoms with Gasteiger partial charge in [-0.2, -0.15) is 0 Å². The van der Waals surface area contributed by atoms with Gasteiger partial charge in [0.2, 0.25) is 5.54 Å². The second-order valence-corrected chi connectivity index (χ2v) is 5.76. The minimum absolute atomic E-state index is 0.0126. The Hall–Kier alpha value is -1.88. The van der Waals surface area contributed by atoms with Gasteiger partial charge >= 0.3 is 11.9 Å². The molecule has 0 amide bonds. The van der Waals surface area contributed by atoms with E-state index in [9.17, 15) is 14.7 Å². The molecule has 0 radical (unpaired) electrons. The minimum atomic E-state index is -2.02. The molecule has 1 aromatic carbocycles. The maximum Gasteiger partial charge on any atom is 0.338 e. The Morgan fingerprint density at radius 3 is 2.20 bits per heavy atom. The second kappa shape index (κ2) is 6.05. The quantitative estimate of drug-likeness (QED) is 0.633. The van der Waals surface area contributed by atoms with Gasteiger partial charge in [0.1, 0.15) is 5.60 Å². The Morgan fingerprint density at radius 2 is 1.75 bits per heavy atom. The molecular formula is C15H21NO4. The summed E-state index contributed by atoms with van der Waals surface area (Å²) in [5, 5.41) is 9.25. The van der Waals surface area contributed by atoms with Gasteiger partial charge in [0.15, 0.2) is 0 Å². The number of rotatable bonds is 5. The van der Waals surface area contributed by atoms with E-state index in [0.29, 0.717) is 6.42 Å². The Labute approximate surface area is 118 Å². The van der Waals surface area contributed by atoms with Crippen molar-refractivity contribution >= 4 is 11.9 Å². The molecule has 0 spiro atoms. The number of hydrogen-bond acceptors (Lipinski definition) is 4. The molecule has 1 unspecified atom stereocenters. The van der Waals surface area contributed by atoms with Crippen LogP contribution < -0.4 is 5.73 Å². The van der Waals surface area contributed by atoms with E-state index in [0.717, 1.165) is 5.56 Å². The summed E-state index contributed by atoms with van der Waals surface area (Å²) in [5.41, 5.74) is 3.89. The molecule has 0 saturated heterocycles. The Morgan fingerprint density at radius 1 is 1.20 bits per heavy atom. The molecule has 1 rings (SSSR count). The van der Waals surface area contributed by atoms with E-state index in [-0.39, 0.29) is 6.42 Å². The van der Waals surface area contributed by atoms with E-state index in [1.54, 1.807) is 20.8 Å². The van der Waals surface area contributed by atoms with Gasteiger partial charge in [0.05, 0.1) is 0 Å². The monoisotopic (exact) mass is 279 g/mol. The lowest BCUT2D eigenvalue weighted by Gasteiger charge is -2.28. The lowest BCUT2D eigenvalue weighted by atomic mass is 9.92. The first-order valence-corrected chi connectivity index (χ1v) is 6.45. The molecule has 0 heterocycles. The van der Waals surface area contributed by atoms with Gasteiger partial charge in [-0.25, -0.2) is 9.59 Å². The van der Waals surface area contributed by atoms with Gasteiger partial charge in [0, 0.05) is 0 Å². The predicted octanol–water partition coefficient (Wildman–Crippen LogP) is 1.74. The van der Waals surface area contributed by atoms with E-state index in [1.165, 1.54) is 0 Å². The van der Waals surface area contributed by atoms with Gasteiger partial charge in [0.25, 0.3) is 0 Å². The van der Waals surface area contributed by atoms with Crippen molar-refractivity contribution in [2.45, 2.75) is 44.8 Å². The van der Waals surface area contributed by atoms with Crippen LogP contribution >= 0.6 is 0 Å². The summed E-state index contributed by atoms with van der Waals surface area (Å²) in [6, 6.07) is 9.28. The van der Waals surface area contributed by atoms with Crippen molar-refractivity contribution in [2.24, 2.45) is 5.73 Å². The zero-order chi connectivity index (χ0) is 15.4. The van der Waals surface area contributed by atoms with Gasteiger partial charge in [-0.15, -0.1) is 0 Å². The minimum Gasteiger partial charge on any atom is -0.479 e. The number of benzene rings is 1. The fourth-order valence-corrected chi connectivity index (χ4v) is 1.65. The molecule has 1 atom stereocenters. The molecular weight excluding hydrogens is 258 g/mol. The molecule has 1 aromatic rings. The number of aliphatic carboxylic acids is 1. The summed E-state index contributed by atoms with van der Waals surface area (Å²) in [6.45, 7) is 5.01. The van der Waals surface area contributed by atoms with Crippen LogP contribution in [0.4, 0.5) is 0 Å². The standard InChI is InChI=1S/C15H21NO4/c1-14(2,3)20-13(19)15(16,12(17)18)10-9-11-7-5-4-6-8-11/h4-8H,9-10,16H2,1-3H3,(H,17,18). The summed E-state index contributed by atoms with van der Waals surface area (Å²) >= 11 is 0. The maximum absolute atomic E-state index is 12.0. The lowest BCUT2D eigenvalue weighted by Crippen LogP contribution is -2.57. The average Bonchev–Trinajstić information content (AvgIpc) is 2.34. The van der Waals surface area contributed by atoms with Crippen LogP contribution in [0.2, 0.25) is 0 Å². The zero-order valence-electron chi connectivity index (χ0n) is 12.1.